The Morgan fingerprint density at radius 1 is 1.36 bits per heavy atom. The summed E-state index contributed by atoms with van der Waals surface area (Å²) >= 11 is 7.04. The predicted molar refractivity (Wildman–Crippen MR) is 92.5 cm³/mol. The maximum atomic E-state index is 12.0. The largest absolute Gasteiger partial charge is 0.452 e. The molecule has 0 aliphatic carbocycles. The number of hydrogen-bond donors (Lipinski definition) is 1. The number of nitrogens with zero attached hydrogens (tertiary/aromatic N) is 1. The van der Waals surface area contributed by atoms with E-state index in [1.165, 1.54) is 12.1 Å². The second-order valence-corrected chi connectivity index (χ2v) is 8.15. The van der Waals surface area contributed by atoms with Crippen molar-refractivity contribution in [1.29, 1.82) is 5.26 Å². The Hall–Kier alpha value is -2.41. The molecule has 7 nitrogen and oxygen atoms in total. The van der Waals surface area contributed by atoms with Crippen LogP contribution in [0.2, 0.25) is 5.02 Å². The van der Waals surface area contributed by atoms with Crippen LogP contribution in [0.5, 0.6) is 0 Å². The highest BCUT2D eigenvalue weighted by Crippen LogP contribution is 2.23. The highest BCUT2D eigenvalue weighted by Gasteiger charge is 2.18. The van der Waals surface area contributed by atoms with Crippen LogP contribution in [0.3, 0.4) is 0 Å². The Kier molecular flexibility index (Phi) is 5.79. The minimum Gasteiger partial charge on any atom is -0.452 e. The number of amides is 1. The SMILES string of the molecule is CS(=O)(=O)c1ccc(Cl)c(C(=O)OCC(=O)Nc2sccc2C#N)c1. The topological polar surface area (TPSA) is 113 Å². The zero-order chi connectivity index (χ0) is 18.6. The van der Waals surface area contributed by atoms with Crippen molar-refractivity contribution in [3.05, 3.63) is 45.8 Å². The Labute approximate surface area is 152 Å². The third-order valence-corrected chi connectivity index (χ3v) is 5.23. The van der Waals surface area contributed by atoms with Gasteiger partial charge in [0.15, 0.2) is 16.4 Å². The summed E-state index contributed by atoms with van der Waals surface area (Å²) in [6, 6.07) is 7.07. The van der Waals surface area contributed by atoms with Crippen molar-refractivity contribution in [2.45, 2.75) is 4.90 Å². The smallest absolute Gasteiger partial charge is 0.340 e. The average molecular weight is 399 g/mol. The molecule has 0 aliphatic heterocycles. The van der Waals surface area contributed by atoms with Gasteiger partial charge in [0, 0.05) is 6.26 Å². The molecule has 10 heteroatoms. The first-order valence-corrected chi connectivity index (χ1v) is 9.81. The Balaban J connectivity index is 2.05. The molecule has 0 bridgehead atoms. The number of esters is 1. The average Bonchev–Trinajstić information content (AvgIpc) is 2.99. The minimum absolute atomic E-state index is 0.00262. The molecule has 0 unspecified atom stereocenters. The fraction of sp³-hybridized carbons (Fsp3) is 0.133. The van der Waals surface area contributed by atoms with E-state index in [1.807, 2.05) is 6.07 Å². The van der Waals surface area contributed by atoms with Crippen LogP contribution >= 0.6 is 22.9 Å². The molecule has 1 aromatic carbocycles. The van der Waals surface area contributed by atoms with Crippen LogP contribution in [0.4, 0.5) is 5.00 Å². The van der Waals surface area contributed by atoms with E-state index in [-0.39, 0.29) is 15.5 Å². The van der Waals surface area contributed by atoms with Gasteiger partial charge in [-0.25, -0.2) is 13.2 Å². The first kappa shape index (κ1) is 18.9. The second kappa shape index (κ2) is 7.65. The third-order valence-electron chi connectivity index (χ3n) is 2.96. The summed E-state index contributed by atoms with van der Waals surface area (Å²) in [5, 5.41) is 13.3. The van der Waals surface area contributed by atoms with Gasteiger partial charge < -0.3 is 10.1 Å². The van der Waals surface area contributed by atoms with E-state index in [0.29, 0.717) is 10.6 Å². The molecule has 1 aromatic heterocycles. The van der Waals surface area contributed by atoms with Gasteiger partial charge in [-0.2, -0.15) is 5.26 Å². The van der Waals surface area contributed by atoms with E-state index in [4.69, 9.17) is 21.6 Å². The van der Waals surface area contributed by atoms with Gasteiger partial charge in [-0.05, 0) is 29.6 Å². The lowest BCUT2D eigenvalue weighted by Crippen LogP contribution is -2.21. The molecule has 0 aliphatic rings. The number of halogens is 1. The summed E-state index contributed by atoms with van der Waals surface area (Å²) in [5.74, 6) is -1.57. The van der Waals surface area contributed by atoms with Crippen molar-refractivity contribution >= 4 is 49.7 Å². The number of benzene rings is 1. The lowest BCUT2D eigenvalue weighted by molar-refractivity contribution is -0.119. The molecule has 1 heterocycles. The number of nitrogens with one attached hydrogen (secondary N) is 1. The number of thiophene rings is 1. The fourth-order valence-electron chi connectivity index (χ4n) is 1.76. The molecule has 0 radical (unpaired) electrons. The maximum absolute atomic E-state index is 12.0. The van der Waals surface area contributed by atoms with Crippen LogP contribution < -0.4 is 5.32 Å². The quantitative estimate of drug-likeness (QED) is 0.774. The monoisotopic (exact) mass is 398 g/mol. The molecule has 0 atom stereocenters. The van der Waals surface area contributed by atoms with Gasteiger partial charge in [0.1, 0.15) is 11.1 Å². The molecule has 0 saturated carbocycles. The van der Waals surface area contributed by atoms with Gasteiger partial charge >= 0.3 is 5.97 Å². The predicted octanol–water partition coefficient (Wildman–Crippen LogP) is 2.47. The molecule has 0 saturated heterocycles. The van der Waals surface area contributed by atoms with Crippen LogP contribution in [0.1, 0.15) is 15.9 Å². The number of ether oxygens (including phenoxy) is 1. The number of carbonyl (C=O) groups excluding carboxylic acids is 2. The van der Waals surface area contributed by atoms with Crippen LogP contribution in [0.15, 0.2) is 34.5 Å². The van der Waals surface area contributed by atoms with Gasteiger partial charge in [-0.15, -0.1) is 11.3 Å². The second-order valence-electron chi connectivity index (χ2n) is 4.81. The fourth-order valence-corrected chi connectivity index (χ4v) is 3.35. The van der Waals surface area contributed by atoms with Crippen molar-refractivity contribution in [3.8, 4) is 6.07 Å². The first-order valence-electron chi connectivity index (χ1n) is 6.66. The number of hydrogen-bond acceptors (Lipinski definition) is 7. The number of nitriles is 1. The van der Waals surface area contributed by atoms with E-state index in [0.717, 1.165) is 23.7 Å². The number of sulfone groups is 1. The highest BCUT2D eigenvalue weighted by molar-refractivity contribution is 7.90. The Morgan fingerprint density at radius 2 is 2.08 bits per heavy atom. The van der Waals surface area contributed by atoms with Gasteiger partial charge in [-0.1, -0.05) is 11.6 Å². The zero-order valence-electron chi connectivity index (χ0n) is 12.8. The Morgan fingerprint density at radius 3 is 2.72 bits per heavy atom. The standard InChI is InChI=1S/C15H11ClN2O5S2/c1-25(21,22)10-2-3-12(16)11(6-10)15(20)23-8-13(19)18-14-9(7-17)4-5-24-14/h2-6H,8H2,1H3,(H,18,19). The van der Waals surface area contributed by atoms with Crippen molar-refractivity contribution in [2.24, 2.45) is 0 Å². The summed E-state index contributed by atoms with van der Waals surface area (Å²) < 4.78 is 27.9. The van der Waals surface area contributed by atoms with E-state index in [1.54, 1.807) is 11.4 Å². The molecule has 2 aromatic rings. The van der Waals surface area contributed by atoms with Crippen molar-refractivity contribution < 1.29 is 22.7 Å². The maximum Gasteiger partial charge on any atom is 0.340 e. The number of rotatable bonds is 5. The molecule has 0 spiro atoms. The molecule has 25 heavy (non-hydrogen) atoms. The molecule has 1 N–H and O–H groups in total. The van der Waals surface area contributed by atoms with Gasteiger partial charge in [0.05, 0.1) is 21.0 Å². The van der Waals surface area contributed by atoms with Crippen molar-refractivity contribution in [2.75, 3.05) is 18.2 Å². The molecule has 2 rings (SSSR count). The van der Waals surface area contributed by atoms with E-state index in [2.05, 4.69) is 5.32 Å². The summed E-state index contributed by atoms with van der Waals surface area (Å²) in [6.45, 7) is -0.610. The van der Waals surface area contributed by atoms with Crippen LogP contribution in [0, 0.1) is 11.3 Å². The number of anilines is 1. The van der Waals surface area contributed by atoms with Crippen molar-refractivity contribution in [1.82, 2.24) is 0 Å². The normalized spacial score (nSPS) is 10.8. The van der Waals surface area contributed by atoms with Gasteiger partial charge in [0.25, 0.3) is 5.91 Å². The van der Waals surface area contributed by atoms with E-state index >= 15 is 0 Å². The van der Waals surface area contributed by atoms with E-state index < -0.39 is 28.3 Å². The number of carbonyl (C=O) groups is 2. The van der Waals surface area contributed by atoms with Gasteiger partial charge in [0.2, 0.25) is 0 Å². The molecular formula is C15H11ClN2O5S2. The first-order chi connectivity index (χ1) is 11.7. The lowest BCUT2D eigenvalue weighted by atomic mass is 10.2. The summed E-state index contributed by atoms with van der Waals surface area (Å²) in [4.78, 5) is 23.8. The van der Waals surface area contributed by atoms with Crippen LogP contribution in [-0.4, -0.2) is 33.2 Å². The summed E-state index contributed by atoms with van der Waals surface area (Å²) in [7, 11) is -3.52. The molecule has 1 amide bonds. The molecule has 0 fully saturated rings. The summed E-state index contributed by atoms with van der Waals surface area (Å²) in [5.41, 5.74) is 0.139. The van der Waals surface area contributed by atoms with Gasteiger partial charge in [-0.3, -0.25) is 4.79 Å². The van der Waals surface area contributed by atoms with Crippen LogP contribution in [-0.2, 0) is 19.4 Å². The zero-order valence-corrected chi connectivity index (χ0v) is 15.2. The minimum atomic E-state index is -3.52. The van der Waals surface area contributed by atoms with Crippen molar-refractivity contribution in [3.63, 3.8) is 0 Å². The Bertz CT molecular complexity index is 976. The van der Waals surface area contributed by atoms with E-state index in [9.17, 15) is 18.0 Å². The molecular weight excluding hydrogens is 388 g/mol. The highest BCUT2D eigenvalue weighted by atomic mass is 35.5. The lowest BCUT2D eigenvalue weighted by Gasteiger charge is -2.08. The summed E-state index contributed by atoms with van der Waals surface area (Å²) in [6.07, 6.45) is 0.993. The molecule has 130 valence electrons. The van der Waals surface area contributed by atoms with Crippen LogP contribution in [0.25, 0.3) is 0 Å². The third kappa shape index (κ3) is 4.79.